The third kappa shape index (κ3) is 6.94. The molecule has 0 amide bonds. The molecule has 0 atom stereocenters. The van der Waals surface area contributed by atoms with Gasteiger partial charge in [-0.15, -0.1) is 0 Å². The SMILES string of the molecule is [CH2]CCCCCC(=O)OCCOc1ccccc1. The Morgan fingerprint density at radius 3 is 2.56 bits per heavy atom. The molecule has 18 heavy (non-hydrogen) atoms. The lowest BCUT2D eigenvalue weighted by Gasteiger charge is -2.07. The van der Waals surface area contributed by atoms with Crippen LogP contribution in [-0.4, -0.2) is 19.2 Å². The third-order valence-corrected chi connectivity index (χ3v) is 2.49. The number of unbranched alkanes of at least 4 members (excludes halogenated alkanes) is 3. The van der Waals surface area contributed by atoms with Gasteiger partial charge in [0.2, 0.25) is 0 Å². The lowest BCUT2D eigenvalue weighted by atomic mass is 10.2. The minimum Gasteiger partial charge on any atom is -0.490 e. The van der Waals surface area contributed by atoms with Crippen LogP contribution in [0.1, 0.15) is 32.1 Å². The van der Waals surface area contributed by atoms with Crippen molar-refractivity contribution in [2.45, 2.75) is 32.1 Å². The van der Waals surface area contributed by atoms with E-state index in [9.17, 15) is 4.79 Å². The van der Waals surface area contributed by atoms with Crippen LogP contribution in [0, 0.1) is 6.92 Å². The molecule has 99 valence electrons. The van der Waals surface area contributed by atoms with Crippen molar-refractivity contribution in [1.82, 2.24) is 0 Å². The van der Waals surface area contributed by atoms with Gasteiger partial charge in [-0.05, 0) is 18.6 Å². The first-order valence-corrected chi connectivity index (χ1v) is 6.45. The van der Waals surface area contributed by atoms with Crippen molar-refractivity contribution >= 4 is 5.97 Å². The van der Waals surface area contributed by atoms with E-state index < -0.39 is 0 Å². The highest BCUT2D eigenvalue weighted by molar-refractivity contribution is 5.69. The Bertz CT molecular complexity index is 322. The number of carbonyl (C=O) groups excluding carboxylic acids is 1. The highest BCUT2D eigenvalue weighted by Crippen LogP contribution is 2.08. The van der Waals surface area contributed by atoms with E-state index in [1.807, 2.05) is 30.3 Å². The van der Waals surface area contributed by atoms with Gasteiger partial charge in [0.25, 0.3) is 0 Å². The highest BCUT2D eigenvalue weighted by Gasteiger charge is 2.02. The fourth-order valence-electron chi connectivity index (χ4n) is 1.53. The first kappa shape index (κ1) is 14.6. The molecule has 3 nitrogen and oxygen atoms in total. The molecule has 0 aliphatic carbocycles. The lowest BCUT2D eigenvalue weighted by molar-refractivity contribution is -0.144. The van der Waals surface area contributed by atoms with E-state index in [1.165, 1.54) is 0 Å². The molecule has 1 aromatic carbocycles. The molecule has 0 heterocycles. The summed E-state index contributed by atoms with van der Waals surface area (Å²) in [6.07, 6.45) is 4.42. The minimum atomic E-state index is -0.143. The molecule has 0 bridgehead atoms. The average molecular weight is 249 g/mol. The van der Waals surface area contributed by atoms with E-state index in [1.54, 1.807) is 0 Å². The Balaban J connectivity index is 1.99. The van der Waals surface area contributed by atoms with Gasteiger partial charge >= 0.3 is 5.97 Å². The lowest BCUT2D eigenvalue weighted by Crippen LogP contribution is -2.11. The van der Waals surface area contributed by atoms with Crippen LogP contribution >= 0.6 is 0 Å². The molecule has 0 spiro atoms. The Morgan fingerprint density at radius 2 is 1.83 bits per heavy atom. The zero-order valence-electron chi connectivity index (χ0n) is 10.8. The molecular formula is C15H21O3. The Kier molecular flexibility index (Phi) is 7.69. The number of hydrogen-bond acceptors (Lipinski definition) is 3. The van der Waals surface area contributed by atoms with Gasteiger partial charge in [0.1, 0.15) is 19.0 Å². The Hall–Kier alpha value is -1.51. The van der Waals surface area contributed by atoms with Gasteiger partial charge in [0, 0.05) is 6.42 Å². The van der Waals surface area contributed by atoms with E-state index in [4.69, 9.17) is 9.47 Å². The fraction of sp³-hybridized carbons (Fsp3) is 0.467. The predicted molar refractivity (Wildman–Crippen MR) is 71.3 cm³/mol. The van der Waals surface area contributed by atoms with E-state index in [2.05, 4.69) is 6.92 Å². The number of carbonyl (C=O) groups is 1. The molecule has 0 unspecified atom stereocenters. The topological polar surface area (TPSA) is 35.5 Å². The van der Waals surface area contributed by atoms with E-state index in [0.29, 0.717) is 19.6 Å². The quantitative estimate of drug-likeness (QED) is 0.497. The maximum atomic E-state index is 11.3. The van der Waals surface area contributed by atoms with Crippen LogP contribution in [0.15, 0.2) is 30.3 Å². The summed E-state index contributed by atoms with van der Waals surface area (Å²) in [5.41, 5.74) is 0. The molecule has 0 saturated carbocycles. The maximum absolute atomic E-state index is 11.3. The van der Waals surface area contributed by atoms with Crippen LogP contribution in [0.4, 0.5) is 0 Å². The molecule has 3 heteroatoms. The van der Waals surface area contributed by atoms with Gasteiger partial charge in [0.15, 0.2) is 0 Å². The number of esters is 1. The van der Waals surface area contributed by atoms with E-state index >= 15 is 0 Å². The monoisotopic (exact) mass is 249 g/mol. The Morgan fingerprint density at radius 1 is 1.06 bits per heavy atom. The zero-order valence-corrected chi connectivity index (χ0v) is 10.8. The van der Waals surface area contributed by atoms with Crippen LogP contribution in [0.5, 0.6) is 5.75 Å². The number of ether oxygens (including phenoxy) is 2. The molecule has 1 rings (SSSR count). The van der Waals surface area contributed by atoms with Crippen LogP contribution in [0.2, 0.25) is 0 Å². The van der Waals surface area contributed by atoms with Crippen molar-refractivity contribution in [3.63, 3.8) is 0 Å². The minimum absolute atomic E-state index is 0.143. The number of para-hydroxylation sites is 1. The second-order valence-electron chi connectivity index (χ2n) is 4.05. The highest BCUT2D eigenvalue weighted by atomic mass is 16.6. The summed E-state index contributed by atoms with van der Waals surface area (Å²) in [5, 5.41) is 0. The molecular weight excluding hydrogens is 228 g/mol. The second kappa shape index (κ2) is 9.51. The number of rotatable bonds is 9. The van der Waals surface area contributed by atoms with Crippen molar-refractivity contribution in [2.24, 2.45) is 0 Å². The first-order valence-electron chi connectivity index (χ1n) is 6.45. The molecule has 0 fully saturated rings. The van der Waals surface area contributed by atoms with Crippen molar-refractivity contribution in [3.8, 4) is 5.75 Å². The van der Waals surface area contributed by atoms with Crippen molar-refractivity contribution in [3.05, 3.63) is 37.3 Å². The van der Waals surface area contributed by atoms with Gasteiger partial charge in [-0.1, -0.05) is 44.4 Å². The fourth-order valence-corrected chi connectivity index (χ4v) is 1.53. The average Bonchev–Trinajstić information content (AvgIpc) is 2.41. The number of benzene rings is 1. The van der Waals surface area contributed by atoms with Crippen molar-refractivity contribution < 1.29 is 14.3 Å². The van der Waals surface area contributed by atoms with E-state index in [0.717, 1.165) is 31.4 Å². The largest absolute Gasteiger partial charge is 0.490 e. The molecule has 1 aromatic rings. The van der Waals surface area contributed by atoms with Crippen molar-refractivity contribution in [2.75, 3.05) is 13.2 Å². The van der Waals surface area contributed by atoms with Gasteiger partial charge in [-0.3, -0.25) is 4.79 Å². The van der Waals surface area contributed by atoms with Crippen LogP contribution in [0.25, 0.3) is 0 Å². The third-order valence-electron chi connectivity index (χ3n) is 2.49. The summed E-state index contributed by atoms with van der Waals surface area (Å²) in [6, 6.07) is 9.49. The summed E-state index contributed by atoms with van der Waals surface area (Å²) >= 11 is 0. The second-order valence-corrected chi connectivity index (χ2v) is 4.05. The molecule has 0 saturated heterocycles. The smallest absolute Gasteiger partial charge is 0.305 e. The number of hydrogen-bond donors (Lipinski definition) is 0. The molecule has 0 aliphatic heterocycles. The summed E-state index contributed by atoms with van der Waals surface area (Å²) in [4.78, 5) is 11.3. The molecule has 1 radical (unpaired) electrons. The normalized spacial score (nSPS) is 10.1. The molecule has 0 aliphatic rings. The summed E-state index contributed by atoms with van der Waals surface area (Å²) in [5.74, 6) is 0.653. The van der Waals surface area contributed by atoms with E-state index in [-0.39, 0.29) is 5.97 Å². The Labute approximate surface area is 109 Å². The van der Waals surface area contributed by atoms with Crippen LogP contribution in [-0.2, 0) is 9.53 Å². The summed E-state index contributed by atoms with van der Waals surface area (Å²) in [7, 11) is 0. The van der Waals surface area contributed by atoms with Crippen LogP contribution in [0.3, 0.4) is 0 Å². The summed E-state index contributed by atoms with van der Waals surface area (Å²) < 4.78 is 10.5. The predicted octanol–water partition coefficient (Wildman–Crippen LogP) is 3.39. The van der Waals surface area contributed by atoms with Gasteiger partial charge in [-0.25, -0.2) is 0 Å². The zero-order chi connectivity index (χ0) is 13.1. The molecule has 0 aromatic heterocycles. The van der Waals surface area contributed by atoms with Gasteiger partial charge in [0.05, 0.1) is 0 Å². The van der Waals surface area contributed by atoms with Gasteiger partial charge < -0.3 is 9.47 Å². The maximum Gasteiger partial charge on any atom is 0.305 e. The summed E-state index contributed by atoms with van der Waals surface area (Å²) in [6.45, 7) is 4.47. The van der Waals surface area contributed by atoms with Gasteiger partial charge in [-0.2, -0.15) is 0 Å². The van der Waals surface area contributed by atoms with Crippen LogP contribution < -0.4 is 4.74 Å². The standard InChI is InChI=1S/C15H21O3/c1-2-3-4-8-11-15(16)18-13-12-17-14-9-6-5-7-10-14/h5-7,9-10H,1-4,8,11-13H2. The first-order chi connectivity index (χ1) is 8.83. The van der Waals surface area contributed by atoms with Crippen molar-refractivity contribution in [1.29, 1.82) is 0 Å². The molecule has 0 N–H and O–H groups in total.